The molecule has 0 aromatic rings. The highest BCUT2D eigenvalue weighted by molar-refractivity contribution is 7.47. The average Bonchev–Trinajstić information content (AvgIpc) is 3.60. The van der Waals surface area contributed by atoms with E-state index in [9.17, 15) is 43.2 Å². The minimum atomic E-state index is -4.96. The van der Waals surface area contributed by atoms with Crippen LogP contribution in [0.5, 0.6) is 0 Å². The molecular formula is C71H134O17P2. The number of hydrogen-bond acceptors (Lipinski definition) is 15. The molecule has 0 aromatic heterocycles. The van der Waals surface area contributed by atoms with Crippen LogP contribution in [-0.2, 0) is 65.4 Å². The van der Waals surface area contributed by atoms with Gasteiger partial charge in [0.05, 0.1) is 26.4 Å². The SMILES string of the molecule is CCCCCC/C=C\C=C/CCCCCCCC(=O)OC[C@H](COP(=O)(O)OC[C@@H](O)COP(=O)(O)OC[C@@H](COC(=O)CCCCCCCCC(C)C)OC(=O)CCCCCCCCCCCCCCCC(C)C)OC(=O)CCCCCCCCCC(C)C. The number of allylic oxidation sites excluding steroid dienone is 4. The summed E-state index contributed by atoms with van der Waals surface area (Å²) < 4.78 is 68.2. The number of phosphoric ester groups is 2. The van der Waals surface area contributed by atoms with Crippen LogP contribution in [0, 0.1) is 17.8 Å². The maximum atomic E-state index is 13.0. The third-order valence-electron chi connectivity index (χ3n) is 15.8. The minimum Gasteiger partial charge on any atom is -0.462 e. The lowest BCUT2D eigenvalue weighted by Gasteiger charge is -2.21. The first kappa shape index (κ1) is 87.5. The summed E-state index contributed by atoms with van der Waals surface area (Å²) in [7, 11) is -9.91. The summed E-state index contributed by atoms with van der Waals surface area (Å²) in [5.74, 6) is -0.00476. The van der Waals surface area contributed by atoms with Gasteiger partial charge in [0, 0.05) is 25.7 Å². The predicted octanol–water partition coefficient (Wildman–Crippen LogP) is 19.8. The first-order valence-electron chi connectivity index (χ1n) is 36.2. The zero-order valence-corrected chi connectivity index (χ0v) is 59.9. The molecule has 0 rings (SSSR count). The Balaban J connectivity index is 5.24. The summed E-state index contributed by atoms with van der Waals surface area (Å²) in [6.07, 6.45) is 48.3. The van der Waals surface area contributed by atoms with E-state index in [1.807, 2.05) is 0 Å². The Hall–Kier alpha value is -2.46. The Labute approximate surface area is 548 Å². The molecule has 0 amide bonds. The first-order valence-corrected chi connectivity index (χ1v) is 39.2. The van der Waals surface area contributed by atoms with Crippen LogP contribution in [0.4, 0.5) is 0 Å². The normalized spacial score (nSPS) is 14.4. The monoisotopic (exact) mass is 1320 g/mol. The number of ether oxygens (including phenoxy) is 4. The summed E-state index contributed by atoms with van der Waals surface area (Å²) in [5, 5.41) is 10.6. The second-order valence-corrected chi connectivity index (χ2v) is 29.3. The van der Waals surface area contributed by atoms with Gasteiger partial charge in [-0.05, 0) is 69.1 Å². The standard InChI is InChI=1S/C71H134O17P2/c1-8-9-10-11-12-13-14-15-16-19-22-25-30-38-45-52-68(73)81-58-66(88-71(76)55-48-41-32-27-29-36-43-50-63(4)5)60-85-89(77,78)83-56-65(72)57-84-90(79,80)86-61-67(59-82-69(74)53-46-39-34-33-37-44-51-64(6)7)87-70(75)54-47-40-31-26-23-20-17-18-21-24-28-35-42-49-62(2)3/h13-16,62-67,72H,8-12,17-61H2,1-7H3,(H,77,78)(H,79,80)/b14-13-,16-15-/t65-,66-,67-/m1/s1. The number of unbranched alkanes of at least 4 members (excludes halogenated alkanes) is 32. The number of carbonyl (C=O) groups excluding carboxylic acids is 4. The zero-order chi connectivity index (χ0) is 66.6. The van der Waals surface area contributed by atoms with Gasteiger partial charge in [-0.2, -0.15) is 0 Å². The molecule has 0 aliphatic carbocycles. The summed E-state index contributed by atoms with van der Waals surface area (Å²) in [4.78, 5) is 72.5. The van der Waals surface area contributed by atoms with Crippen LogP contribution in [0.1, 0.15) is 331 Å². The van der Waals surface area contributed by atoms with Gasteiger partial charge in [0.25, 0.3) is 0 Å². The van der Waals surface area contributed by atoms with Crippen LogP contribution in [0.3, 0.4) is 0 Å². The van der Waals surface area contributed by atoms with Gasteiger partial charge in [0.2, 0.25) is 0 Å². The molecule has 0 saturated carbocycles. The Morgan fingerprint density at radius 2 is 0.600 bits per heavy atom. The predicted molar refractivity (Wildman–Crippen MR) is 363 cm³/mol. The molecule has 5 atom stereocenters. The van der Waals surface area contributed by atoms with E-state index >= 15 is 0 Å². The number of hydrogen-bond donors (Lipinski definition) is 3. The van der Waals surface area contributed by atoms with Crippen molar-refractivity contribution in [3.05, 3.63) is 24.3 Å². The molecule has 0 aromatic carbocycles. The second kappa shape index (κ2) is 61.4. The number of esters is 4. The van der Waals surface area contributed by atoms with Crippen LogP contribution in [0.2, 0.25) is 0 Å². The van der Waals surface area contributed by atoms with Crippen LogP contribution in [-0.4, -0.2) is 96.7 Å². The molecule has 0 aliphatic rings. The molecule has 0 bridgehead atoms. The average molecular weight is 1320 g/mol. The fraction of sp³-hybridized carbons (Fsp3) is 0.887. The van der Waals surface area contributed by atoms with Crippen molar-refractivity contribution in [2.45, 2.75) is 349 Å². The van der Waals surface area contributed by atoms with E-state index in [4.69, 9.17) is 37.0 Å². The minimum absolute atomic E-state index is 0.0961. The summed E-state index contributed by atoms with van der Waals surface area (Å²) in [5.41, 5.74) is 0. The molecule has 19 heteroatoms. The van der Waals surface area contributed by atoms with Gasteiger partial charge < -0.3 is 33.8 Å². The third-order valence-corrected chi connectivity index (χ3v) is 17.7. The van der Waals surface area contributed by atoms with Crippen molar-refractivity contribution < 1.29 is 80.2 Å². The van der Waals surface area contributed by atoms with Crippen molar-refractivity contribution >= 4 is 39.5 Å². The maximum absolute atomic E-state index is 13.0. The highest BCUT2D eigenvalue weighted by Crippen LogP contribution is 2.45. The molecule has 0 heterocycles. The summed E-state index contributed by atoms with van der Waals surface area (Å²) in [6, 6.07) is 0. The number of aliphatic hydroxyl groups is 1. The van der Waals surface area contributed by atoms with E-state index in [1.165, 1.54) is 116 Å². The topological polar surface area (TPSA) is 237 Å². The van der Waals surface area contributed by atoms with Gasteiger partial charge in [-0.15, -0.1) is 0 Å². The van der Waals surface area contributed by atoms with E-state index in [-0.39, 0.29) is 25.7 Å². The van der Waals surface area contributed by atoms with E-state index in [2.05, 4.69) is 72.8 Å². The van der Waals surface area contributed by atoms with E-state index in [1.54, 1.807) is 0 Å². The quantitative estimate of drug-likeness (QED) is 0.0169. The molecule has 2 unspecified atom stereocenters. The Kier molecular flexibility index (Phi) is 59.7. The third kappa shape index (κ3) is 64.3. The zero-order valence-electron chi connectivity index (χ0n) is 58.1. The van der Waals surface area contributed by atoms with Gasteiger partial charge in [0.15, 0.2) is 12.2 Å². The number of rotatable bonds is 67. The maximum Gasteiger partial charge on any atom is 0.472 e. The summed E-state index contributed by atoms with van der Waals surface area (Å²) >= 11 is 0. The fourth-order valence-electron chi connectivity index (χ4n) is 10.2. The van der Waals surface area contributed by atoms with Crippen molar-refractivity contribution in [1.82, 2.24) is 0 Å². The Morgan fingerprint density at radius 1 is 0.344 bits per heavy atom. The molecule has 530 valence electrons. The van der Waals surface area contributed by atoms with Crippen LogP contribution in [0.15, 0.2) is 24.3 Å². The molecule has 0 aliphatic heterocycles. The van der Waals surface area contributed by atoms with E-state index in [0.717, 1.165) is 121 Å². The Morgan fingerprint density at radius 3 is 0.900 bits per heavy atom. The van der Waals surface area contributed by atoms with Crippen LogP contribution < -0.4 is 0 Å². The molecule has 3 N–H and O–H groups in total. The van der Waals surface area contributed by atoms with E-state index < -0.39 is 97.5 Å². The second-order valence-electron chi connectivity index (χ2n) is 26.4. The molecule has 0 radical (unpaired) electrons. The van der Waals surface area contributed by atoms with Crippen molar-refractivity contribution in [3.63, 3.8) is 0 Å². The van der Waals surface area contributed by atoms with Gasteiger partial charge in [0.1, 0.15) is 19.3 Å². The lowest BCUT2D eigenvalue weighted by Crippen LogP contribution is -2.30. The van der Waals surface area contributed by atoms with Crippen molar-refractivity contribution in [1.29, 1.82) is 0 Å². The van der Waals surface area contributed by atoms with Crippen molar-refractivity contribution in [2.24, 2.45) is 17.8 Å². The van der Waals surface area contributed by atoms with E-state index in [0.29, 0.717) is 37.5 Å². The van der Waals surface area contributed by atoms with Gasteiger partial charge in [-0.25, -0.2) is 9.13 Å². The first-order chi connectivity index (χ1) is 43.2. The van der Waals surface area contributed by atoms with Crippen molar-refractivity contribution in [2.75, 3.05) is 39.6 Å². The van der Waals surface area contributed by atoms with Crippen LogP contribution in [0.25, 0.3) is 0 Å². The molecule has 90 heavy (non-hydrogen) atoms. The lowest BCUT2D eigenvalue weighted by atomic mass is 10.0. The molecule has 0 spiro atoms. The lowest BCUT2D eigenvalue weighted by molar-refractivity contribution is -0.161. The molecular weight excluding hydrogens is 1190 g/mol. The smallest absolute Gasteiger partial charge is 0.462 e. The van der Waals surface area contributed by atoms with Gasteiger partial charge >= 0.3 is 39.5 Å². The molecule has 17 nitrogen and oxygen atoms in total. The molecule has 0 fully saturated rings. The van der Waals surface area contributed by atoms with Gasteiger partial charge in [-0.1, -0.05) is 278 Å². The van der Waals surface area contributed by atoms with Gasteiger partial charge in [-0.3, -0.25) is 37.3 Å². The van der Waals surface area contributed by atoms with Crippen LogP contribution >= 0.6 is 15.6 Å². The summed E-state index contributed by atoms with van der Waals surface area (Å²) in [6.45, 7) is 11.7. The highest BCUT2D eigenvalue weighted by atomic mass is 31.2. The fourth-order valence-corrected chi connectivity index (χ4v) is 11.8. The Bertz CT molecular complexity index is 1860. The molecule has 0 saturated heterocycles. The highest BCUT2D eigenvalue weighted by Gasteiger charge is 2.30. The number of carbonyl (C=O) groups is 4. The largest absolute Gasteiger partial charge is 0.472 e. The number of aliphatic hydroxyl groups excluding tert-OH is 1. The van der Waals surface area contributed by atoms with Crippen molar-refractivity contribution in [3.8, 4) is 0 Å². The number of phosphoric acid groups is 2.